The van der Waals surface area contributed by atoms with Gasteiger partial charge in [0, 0.05) is 6.54 Å². The molecule has 8 heteroatoms. The molecule has 1 aliphatic heterocycles. The lowest BCUT2D eigenvalue weighted by molar-refractivity contribution is -0.118. The highest BCUT2D eigenvalue weighted by Gasteiger charge is 2.16. The van der Waals surface area contributed by atoms with Crippen molar-refractivity contribution in [3.05, 3.63) is 88.2 Å². The molecule has 0 spiro atoms. The van der Waals surface area contributed by atoms with E-state index in [-0.39, 0.29) is 24.0 Å². The average molecular weight is 460 g/mol. The van der Waals surface area contributed by atoms with Crippen LogP contribution in [0.25, 0.3) is 16.6 Å². The number of hydrogen-bond donors (Lipinski definition) is 1. The van der Waals surface area contributed by atoms with E-state index >= 15 is 0 Å². The highest BCUT2D eigenvalue weighted by atomic mass is 32.2. The second-order valence-corrected chi connectivity index (χ2v) is 8.58. The van der Waals surface area contributed by atoms with E-state index in [0.717, 1.165) is 11.1 Å². The van der Waals surface area contributed by atoms with Crippen molar-refractivity contribution in [1.29, 1.82) is 0 Å². The first kappa shape index (κ1) is 21.1. The van der Waals surface area contributed by atoms with Gasteiger partial charge in [0.2, 0.25) is 12.7 Å². The van der Waals surface area contributed by atoms with Gasteiger partial charge in [-0.15, -0.1) is 0 Å². The molecule has 1 N–H and O–H groups in total. The summed E-state index contributed by atoms with van der Waals surface area (Å²) < 4.78 is 12.3. The number of carbonyl (C=O) groups excluding carboxylic acids is 1. The summed E-state index contributed by atoms with van der Waals surface area (Å²) in [6.45, 7) is 2.57. The number of aryl methyl sites for hydroxylation is 1. The lowest BCUT2D eigenvalue weighted by Crippen LogP contribution is -2.26. The number of carbonyl (C=O) groups is 1. The van der Waals surface area contributed by atoms with Crippen molar-refractivity contribution < 1.29 is 14.3 Å². The predicted molar refractivity (Wildman–Crippen MR) is 127 cm³/mol. The number of ether oxygens (including phenoxy) is 2. The van der Waals surface area contributed by atoms with Crippen LogP contribution < -0.4 is 20.3 Å². The van der Waals surface area contributed by atoms with E-state index in [0.29, 0.717) is 39.8 Å². The summed E-state index contributed by atoms with van der Waals surface area (Å²) in [7, 11) is 0. The van der Waals surface area contributed by atoms with Gasteiger partial charge in [-0.1, -0.05) is 47.7 Å². The first-order valence-electron chi connectivity index (χ1n) is 10.5. The fourth-order valence-corrected chi connectivity index (χ4v) is 4.41. The van der Waals surface area contributed by atoms with Crippen molar-refractivity contribution in [2.24, 2.45) is 0 Å². The van der Waals surface area contributed by atoms with Crippen molar-refractivity contribution in [3.8, 4) is 17.2 Å². The van der Waals surface area contributed by atoms with Crippen LogP contribution in [0.15, 0.2) is 76.7 Å². The summed E-state index contributed by atoms with van der Waals surface area (Å²) >= 11 is 1.23. The van der Waals surface area contributed by atoms with E-state index in [1.54, 1.807) is 16.7 Å². The maximum Gasteiger partial charge on any atom is 0.266 e. The van der Waals surface area contributed by atoms with Gasteiger partial charge in [0.15, 0.2) is 16.7 Å². The number of amides is 1. The zero-order chi connectivity index (χ0) is 22.8. The summed E-state index contributed by atoms with van der Waals surface area (Å²) in [5.41, 5.74) is 3.17. The lowest BCUT2D eigenvalue weighted by atomic mass is 10.2. The van der Waals surface area contributed by atoms with Gasteiger partial charge in [-0.05, 0) is 48.9 Å². The number of nitrogens with one attached hydrogen (secondary N) is 1. The molecule has 0 radical (unpaired) electrons. The van der Waals surface area contributed by atoms with E-state index in [9.17, 15) is 9.59 Å². The monoisotopic (exact) mass is 459 g/mol. The quantitative estimate of drug-likeness (QED) is 0.349. The van der Waals surface area contributed by atoms with Crippen molar-refractivity contribution in [1.82, 2.24) is 14.9 Å². The molecule has 0 saturated carbocycles. The molecule has 0 unspecified atom stereocenters. The molecular weight excluding hydrogens is 438 g/mol. The van der Waals surface area contributed by atoms with Crippen molar-refractivity contribution in [2.75, 3.05) is 12.5 Å². The molecule has 1 amide bonds. The third-order valence-electron chi connectivity index (χ3n) is 5.30. The number of nitrogens with zero attached hydrogens (tertiary/aromatic N) is 2. The Labute approximate surface area is 194 Å². The van der Waals surface area contributed by atoms with Crippen LogP contribution in [0.2, 0.25) is 0 Å². The maximum absolute atomic E-state index is 13.3. The summed E-state index contributed by atoms with van der Waals surface area (Å²) in [4.78, 5) is 30.5. The molecule has 1 aliphatic rings. The fraction of sp³-hybridized carbons (Fsp3) is 0.160. The second kappa shape index (κ2) is 8.99. The first-order chi connectivity index (χ1) is 16.1. The number of para-hydroxylation sites is 1. The Morgan fingerprint density at radius 2 is 1.85 bits per heavy atom. The zero-order valence-corrected chi connectivity index (χ0v) is 18.7. The van der Waals surface area contributed by atoms with E-state index in [2.05, 4.69) is 10.3 Å². The van der Waals surface area contributed by atoms with Crippen LogP contribution in [0.4, 0.5) is 0 Å². The van der Waals surface area contributed by atoms with Crippen LogP contribution in [-0.4, -0.2) is 28.0 Å². The molecule has 0 atom stereocenters. The van der Waals surface area contributed by atoms with Crippen molar-refractivity contribution >= 4 is 28.6 Å². The highest BCUT2D eigenvalue weighted by molar-refractivity contribution is 7.99. The van der Waals surface area contributed by atoms with Gasteiger partial charge < -0.3 is 14.8 Å². The minimum atomic E-state index is -0.160. The molecular formula is C25H21N3O4S. The van der Waals surface area contributed by atoms with E-state index in [1.807, 2.05) is 61.5 Å². The fourth-order valence-electron chi connectivity index (χ4n) is 3.56. The molecule has 7 nitrogen and oxygen atoms in total. The van der Waals surface area contributed by atoms with Gasteiger partial charge in [0.25, 0.3) is 5.56 Å². The molecule has 33 heavy (non-hydrogen) atoms. The molecule has 0 fully saturated rings. The molecule has 0 aliphatic carbocycles. The molecule has 5 rings (SSSR count). The third-order valence-corrected chi connectivity index (χ3v) is 6.23. The Hall–Kier alpha value is -3.78. The zero-order valence-electron chi connectivity index (χ0n) is 17.9. The van der Waals surface area contributed by atoms with E-state index in [1.165, 1.54) is 11.8 Å². The standard InChI is InChI=1S/C25H21N3O4S/c1-16-6-9-18(10-7-16)28-24(30)19-4-2-3-5-20(19)27-25(28)33-14-23(29)26-13-17-8-11-21-22(12-17)32-15-31-21/h2-12H,13-15H2,1H3,(H,26,29). The van der Waals surface area contributed by atoms with Crippen LogP contribution in [0.5, 0.6) is 11.5 Å². The summed E-state index contributed by atoms with van der Waals surface area (Å²) in [6.07, 6.45) is 0. The molecule has 0 bridgehead atoms. The van der Waals surface area contributed by atoms with Gasteiger partial charge >= 0.3 is 0 Å². The molecule has 3 aromatic carbocycles. The van der Waals surface area contributed by atoms with Crippen LogP contribution >= 0.6 is 11.8 Å². The number of fused-ring (bicyclic) bond motifs is 2. The van der Waals surface area contributed by atoms with E-state index in [4.69, 9.17) is 9.47 Å². The Morgan fingerprint density at radius 1 is 1.06 bits per heavy atom. The number of rotatable bonds is 6. The molecule has 1 aromatic heterocycles. The highest BCUT2D eigenvalue weighted by Crippen LogP contribution is 2.32. The summed E-state index contributed by atoms with van der Waals surface area (Å²) in [6, 6.07) is 20.5. The predicted octanol–water partition coefficient (Wildman–Crippen LogP) is 3.83. The SMILES string of the molecule is Cc1ccc(-n2c(SCC(=O)NCc3ccc4c(c3)OCO4)nc3ccccc3c2=O)cc1. The Balaban J connectivity index is 1.35. The largest absolute Gasteiger partial charge is 0.454 e. The number of aromatic nitrogens is 2. The molecule has 2 heterocycles. The number of hydrogen-bond acceptors (Lipinski definition) is 6. The van der Waals surface area contributed by atoms with Crippen LogP contribution in [-0.2, 0) is 11.3 Å². The minimum absolute atomic E-state index is 0.126. The van der Waals surface area contributed by atoms with Crippen LogP contribution in [0.3, 0.4) is 0 Å². The van der Waals surface area contributed by atoms with Crippen molar-refractivity contribution in [3.63, 3.8) is 0 Å². The van der Waals surface area contributed by atoms with Gasteiger partial charge in [0.1, 0.15) is 0 Å². The van der Waals surface area contributed by atoms with Crippen LogP contribution in [0.1, 0.15) is 11.1 Å². The molecule has 0 saturated heterocycles. The topological polar surface area (TPSA) is 82.5 Å². The average Bonchev–Trinajstić information content (AvgIpc) is 3.30. The first-order valence-corrected chi connectivity index (χ1v) is 11.4. The van der Waals surface area contributed by atoms with E-state index < -0.39 is 0 Å². The Bertz CT molecular complexity index is 1400. The number of benzene rings is 3. The van der Waals surface area contributed by atoms with Gasteiger partial charge in [-0.3, -0.25) is 14.2 Å². The summed E-state index contributed by atoms with van der Waals surface area (Å²) in [5.74, 6) is 1.35. The normalized spacial score (nSPS) is 12.2. The lowest BCUT2D eigenvalue weighted by Gasteiger charge is -2.13. The minimum Gasteiger partial charge on any atom is -0.454 e. The third kappa shape index (κ3) is 4.42. The Kier molecular flexibility index (Phi) is 5.75. The molecule has 4 aromatic rings. The summed E-state index contributed by atoms with van der Waals surface area (Å²) in [5, 5.41) is 3.92. The van der Waals surface area contributed by atoms with Crippen LogP contribution in [0, 0.1) is 6.92 Å². The maximum atomic E-state index is 13.3. The molecule has 166 valence electrons. The van der Waals surface area contributed by atoms with Gasteiger partial charge in [-0.25, -0.2) is 4.98 Å². The second-order valence-electron chi connectivity index (χ2n) is 7.64. The Morgan fingerprint density at radius 3 is 2.70 bits per heavy atom. The van der Waals surface area contributed by atoms with Gasteiger partial charge in [0.05, 0.1) is 22.3 Å². The van der Waals surface area contributed by atoms with Gasteiger partial charge in [-0.2, -0.15) is 0 Å². The smallest absolute Gasteiger partial charge is 0.266 e. The van der Waals surface area contributed by atoms with Crippen molar-refractivity contribution in [2.45, 2.75) is 18.6 Å². The number of thioether (sulfide) groups is 1.